The van der Waals surface area contributed by atoms with Crippen LogP contribution in [0.1, 0.15) is 50.9 Å². The van der Waals surface area contributed by atoms with Gasteiger partial charge in [-0.25, -0.2) is 4.98 Å². The first-order valence-electron chi connectivity index (χ1n) is 12.0. The Morgan fingerprint density at radius 2 is 1.78 bits per heavy atom. The first kappa shape index (κ1) is 25.0. The van der Waals surface area contributed by atoms with Gasteiger partial charge in [-0.2, -0.15) is 13.2 Å². The van der Waals surface area contributed by atoms with Gasteiger partial charge in [0.05, 0.1) is 17.0 Å². The number of benzene rings is 2. The Labute approximate surface area is 215 Å². The van der Waals surface area contributed by atoms with Crippen molar-refractivity contribution in [1.29, 1.82) is 0 Å². The smallest absolute Gasteiger partial charge is 0.361 e. The van der Waals surface area contributed by atoms with Crippen molar-refractivity contribution in [1.82, 2.24) is 20.2 Å². The lowest BCUT2D eigenvalue weighted by Crippen LogP contribution is -2.38. The number of piperidine rings is 1. The summed E-state index contributed by atoms with van der Waals surface area (Å²) in [7, 11) is 0. The lowest BCUT2D eigenvalue weighted by atomic mass is 9.97. The monoisotopic (exact) mass is 526 g/mol. The number of alkyl halides is 3. The molecule has 5 rings (SSSR count). The minimum atomic E-state index is -4.49. The second-order valence-electron chi connectivity index (χ2n) is 9.10. The Morgan fingerprint density at radius 3 is 2.57 bits per heavy atom. The van der Waals surface area contributed by atoms with Crippen LogP contribution in [0.25, 0.3) is 10.9 Å². The van der Waals surface area contributed by atoms with E-state index >= 15 is 0 Å². The average molecular weight is 527 g/mol. The highest BCUT2D eigenvalue weighted by Gasteiger charge is 2.33. The molecular formula is C27H25F3N4O2S. The molecule has 0 radical (unpaired) electrons. The normalized spacial score (nSPS) is 14.7. The molecule has 4 aromatic rings. The second kappa shape index (κ2) is 10.4. The fourth-order valence-corrected chi connectivity index (χ4v) is 5.70. The van der Waals surface area contributed by atoms with Crippen molar-refractivity contribution in [2.45, 2.75) is 37.9 Å². The minimum absolute atomic E-state index is 0.00322. The number of hydrogen-bond acceptors (Lipinski definition) is 4. The summed E-state index contributed by atoms with van der Waals surface area (Å²) in [5.74, 6) is -0.290. The second-order valence-corrected chi connectivity index (χ2v) is 9.99. The predicted molar refractivity (Wildman–Crippen MR) is 135 cm³/mol. The lowest BCUT2D eigenvalue weighted by molar-refractivity contribution is -0.138. The number of amides is 2. The Morgan fingerprint density at radius 1 is 1.05 bits per heavy atom. The summed E-state index contributed by atoms with van der Waals surface area (Å²) in [4.78, 5) is 35.0. The number of fused-ring (bicyclic) bond motifs is 1. The quantitative estimate of drug-likeness (QED) is 0.347. The number of thiazole rings is 1. The van der Waals surface area contributed by atoms with Crippen molar-refractivity contribution < 1.29 is 22.8 Å². The third-order valence-electron chi connectivity index (χ3n) is 6.73. The summed E-state index contributed by atoms with van der Waals surface area (Å²) in [6.07, 6.45) is -0.770. The minimum Gasteiger partial charge on any atom is -0.361 e. The number of nitrogens with one attached hydrogen (secondary N) is 2. The average Bonchev–Trinajstić information content (AvgIpc) is 3.55. The molecule has 1 aliphatic heterocycles. The zero-order valence-electron chi connectivity index (χ0n) is 19.8. The molecule has 0 saturated carbocycles. The topological polar surface area (TPSA) is 78.1 Å². The molecule has 1 fully saturated rings. The number of H-pyrrole nitrogens is 1. The zero-order chi connectivity index (χ0) is 26.0. The molecule has 2 amide bonds. The summed E-state index contributed by atoms with van der Waals surface area (Å²) in [5.41, 5.74) is 1.43. The molecule has 0 bridgehead atoms. The number of aromatic nitrogens is 2. The van der Waals surface area contributed by atoms with Gasteiger partial charge in [0.2, 0.25) is 5.91 Å². The van der Waals surface area contributed by atoms with Crippen LogP contribution in [0, 0.1) is 0 Å². The molecule has 0 unspecified atom stereocenters. The maximum Gasteiger partial charge on any atom is 0.416 e. The van der Waals surface area contributed by atoms with Crippen LogP contribution in [-0.4, -0.2) is 39.8 Å². The van der Waals surface area contributed by atoms with E-state index in [0.717, 1.165) is 40.4 Å². The molecule has 3 heterocycles. The van der Waals surface area contributed by atoms with Crippen LogP contribution in [0.4, 0.5) is 13.2 Å². The molecule has 192 valence electrons. The van der Waals surface area contributed by atoms with Gasteiger partial charge in [0.1, 0.15) is 5.69 Å². The molecule has 1 saturated heterocycles. The number of halogens is 3. The van der Waals surface area contributed by atoms with Gasteiger partial charge in [-0.1, -0.05) is 36.4 Å². The number of carbonyl (C=O) groups excluding carboxylic acids is 2. The van der Waals surface area contributed by atoms with Gasteiger partial charge in [-0.05, 0) is 36.1 Å². The highest BCUT2D eigenvalue weighted by atomic mass is 32.1. The number of likely N-dealkylation sites (tertiary alicyclic amines) is 1. The molecule has 2 aromatic carbocycles. The Kier molecular flexibility index (Phi) is 7.01. The van der Waals surface area contributed by atoms with Crippen molar-refractivity contribution in [2.24, 2.45) is 0 Å². The van der Waals surface area contributed by atoms with Crippen LogP contribution in [0.3, 0.4) is 0 Å². The number of carbonyl (C=O) groups is 2. The first-order chi connectivity index (χ1) is 17.8. The van der Waals surface area contributed by atoms with Gasteiger partial charge >= 0.3 is 6.18 Å². The van der Waals surface area contributed by atoms with E-state index in [9.17, 15) is 22.8 Å². The number of aromatic amines is 1. The summed E-state index contributed by atoms with van der Waals surface area (Å²) in [5, 5.41) is 6.05. The molecule has 1 aliphatic rings. The maximum atomic E-state index is 13.2. The van der Waals surface area contributed by atoms with E-state index in [2.05, 4.69) is 15.3 Å². The van der Waals surface area contributed by atoms with E-state index < -0.39 is 17.6 Å². The Hall–Kier alpha value is -3.66. The van der Waals surface area contributed by atoms with E-state index in [-0.39, 0.29) is 29.6 Å². The highest BCUT2D eigenvalue weighted by Crippen LogP contribution is 2.33. The van der Waals surface area contributed by atoms with Gasteiger partial charge < -0.3 is 15.2 Å². The molecule has 0 aliphatic carbocycles. The van der Waals surface area contributed by atoms with Crippen LogP contribution in [0.2, 0.25) is 0 Å². The number of para-hydroxylation sites is 1. The molecule has 37 heavy (non-hydrogen) atoms. The van der Waals surface area contributed by atoms with E-state index in [0.29, 0.717) is 19.5 Å². The van der Waals surface area contributed by atoms with E-state index in [1.807, 2.05) is 35.4 Å². The van der Waals surface area contributed by atoms with Crippen molar-refractivity contribution in [3.05, 3.63) is 87.5 Å². The zero-order valence-corrected chi connectivity index (χ0v) is 20.7. The molecule has 0 atom stereocenters. The molecule has 0 spiro atoms. The largest absolute Gasteiger partial charge is 0.416 e. The van der Waals surface area contributed by atoms with Gasteiger partial charge in [0.25, 0.3) is 5.91 Å². The van der Waals surface area contributed by atoms with Crippen molar-refractivity contribution >= 4 is 34.1 Å². The first-order valence-corrected chi connectivity index (χ1v) is 12.9. The number of rotatable bonds is 6. The van der Waals surface area contributed by atoms with Gasteiger partial charge in [-0.3, -0.25) is 9.59 Å². The summed E-state index contributed by atoms with van der Waals surface area (Å²) >= 11 is 1.37. The maximum absolute atomic E-state index is 13.2. The Bertz CT molecular complexity index is 1420. The van der Waals surface area contributed by atoms with Crippen molar-refractivity contribution in [3.8, 4) is 0 Å². The standard InChI is InChI=1S/C27H25F3N4O2S/c28-27(29,30)21-7-3-1-5-18(21)14-32-25(36)23-16-37-26(33-23)17-9-11-34(12-10-17)24(35)13-19-15-31-22-8-4-2-6-20(19)22/h1-8,15-17,31H,9-14H2,(H,32,36). The SMILES string of the molecule is O=C(NCc1ccccc1C(F)(F)F)c1csc(C2CCN(C(=O)Cc3c[nH]c4ccccc34)CC2)n1. The summed E-state index contributed by atoms with van der Waals surface area (Å²) in [6.45, 7) is 0.987. The number of nitrogens with zero attached hydrogens (tertiary/aromatic N) is 2. The molecule has 2 N–H and O–H groups in total. The van der Waals surface area contributed by atoms with Crippen LogP contribution < -0.4 is 5.32 Å². The van der Waals surface area contributed by atoms with Gasteiger partial charge in [0, 0.05) is 48.0 Å². The molecular weight excluding hydrogens is 501 g/mol. The number of hydrogen-bond donors (Lipinski definition) is 2. The lowest BCUT2D eigenvalue weighted by Gasteiger charge is -2.31. The summed E-state index contributed by atoms with van der Waals surface area (Å²) < 4.78 is 39.6. The van der Waals surface area contributed by atoms with Crippen molar-refractivity contribution in [3.63, 3.8) is 0 Å². The Balaban J connectivity index is 1.15. The molecule has 10 heteroatoms. The van der Waals surface area contributed by atoms with E-state index in [1.54, 1.807) is 5.38 Å². The third-order valence-corrected chi connectivity index (χ3v) is 7.74. The predicted octanol–water partition coefficient (Wildman–Crippen LogP) is 5.52. The van der Waals surface area contributed by atoms with Crippen LogP contribution >= 0.6 is 11.3 Å². The van der Waals surface area contributed by atoms with Crippen LogP contribution in [0.15, 0.2) is 60.1 Å². The summed E-state index contributed by atoms with van der Waals surface area (Å²) in [6, 6.07) is 13.1. The highest BCUT2D eigenvalue weighted by molar-refractivity contribution is 7.09. The fraction of sp³-hybridized carbons (Fsp3) is 0.296. The van der Waals surface area contributed by atoms with Gasteiger partial charge in [-0.15, -0.1) is 11.3 Å². The van der Waals surface area contributed by atoms with Gasteiger partial charge in [0.15, 0.2) is 0 Å². The van der Waals surface area contributed by atoms with E-state index in [1.165, 1.54) is 29.5 Å². The van der Waals surface area contributed by atoms with Crippen molar-refractivity contribution in [2.75, 3.05) is 13.1 Å². The molecule has 2 aromatic heterocycles. The molecule has 6 nitrogen and oxygen atoms in total. The third kappa shape index (κ3) is 5.53. The fourth-order valence-electron chi connectivity index (χ4n) is 4.72. The van der Waals surface area contributed by atoms with E-state index in [4.69, 9.17) is 0 Å². The van der Waals surface area contributed by atoms with Crippen LogP contribution in [0.5, 0.6) is 0 Å². The van der Waals surface area contributed by atoms with Crippen LogP contribution in [-0.2, 0) is 23.9 Å².